The normalized spacial score (nSPS) is 6.00. The summed E-state index contributed by atoms with van der Waals surface area (Å²) in [4.78, 5) is 0. The third kappa shape index (κ3) is 60.7. The zero-order chi connectivity index (χ0) is 3.58. The molecule has 34 valence electrons. The third-order valence-corrected chi connectivity index (χ3v) is 0. The van der Waals surface area contributed by atoms with Crippen LogP contribution in [0.5, 0.6) is 0 Å². The Morgan fingerprint density at radius 3 is 1.33 bits per heavy atom. The number of hydrogen-bond acceptors (Lipinski definition) is 1. The van der Waals surface area contributed by atoms with Crippen molar-refractivity contribution in [1.29, 1.82) is 0 Å². The molecule has 0 amide bonds. The van der Waals surface area contributed by atoms with E-state index in [1.54, 1.807) is 13.8 Å². The molecule has 1 N–H and O–H groups in total. The Morgan fingerprint density at radius 2 is 1.33 bits per heavy atom. The molecule has 0 aliphatic carbocycles. The minimum absolute atomic E-state index is 0. The van der Waals surface area contributed by atoms with Crippen molar-refractivity contribution in [3.8, 4) is 0 Å². The molecule has 0 fully saturated rings. The van der Waals surface area contributed by atoms with E-state index in [0.717, 1.165) is 0 Å². The van der Waals surface area contributed by atoms with Gasteiger partial charge in [0.05, 0.1) is 0 Å². The van der Waals surface area contributed by atoms with E-state index in [1.165, 1.54) is 0 Å². The molecule has 0 aliphatic heterocycles. The summed E-state index contributed by atoms with van der Waals surface area (Å²) in [6, 6.07) is 0. The first-order chi connectivity index (χ1) is 1.73. The van der Waals surface area contributed by atoms with Crippen molar-refractivity contribution in [2.75, 3.05) is 0 Å². The van der Waals surface area contributed by atoms with Crippen LogP contribution < -0.4 is 42.0 Å². The van der Waals surface area contributed by atoms with E-state index in [2.05, 4.69) is 0 Å². The molecule has 0 saturated heterocycles. The number of aliphatic hydroxyl groups is 1. The molecule has 0 unspecified atom stereocenters. The molecule has 0 aromatic carbocycles. The summed E-state index contributed by atoms with van der Waals surface area (Å²) in [5.74, 6) is 0. The van der Waals surface area contributed by atoms with Crippen molar-refractivity contribution in [1.82, 2.24) is 0 Å². The van der Waals surface area contributed by atoms with Crippen LogP contribution in [-0.4, -0.2) is 11.2 Å². The van der Waals surface area contributed by atoms with Crippen LogP contribution in [0.4, 0.5) is 0 Å². The number of rotatable bonds is 0. The minimum Gasteiger partial charge on any atom is -1.00 e. The van der Waals surface area contributed by atoms with Crippen LogP contribution in [0.3, 0.4) is 0 Å². The summed E-state index contributed by atoms with van der Waals surface area (Å²) in [6.45, 7) is 3.44. The Bertz CT molecular complexity index is 15.5. The van der Waals surface area contributed by atoms with Crippen molar-refractivity contribution in [2.24, 2.45) is 0 Å². The second kappa shape index (κ2) is 9.54. The topological polar surface area (TPSA) is 20.2 Å². The Labute approximate surface area is 66.8 Å². The molecule has 3 heteroatoms. The van der Waals surface area contributed by atoms with Gasteiger partial charge in [-0.3, -0.25) is 0 Å². The fraction of sp³-hybridized carbons (Fsp3) is 1.00. The van der Waals surface area contributed by atoms with E-state index < -0.39 is 0 Å². The van der Waals surface area contributed by atoms with E-state index in [4.69, 9.17) is 5.11 Å². The number of hydrogen-bond donors (Lipinski definition) is 1. The van der Waals surface area contributed by atoms with Gasteiger partial charge >= 0.3 is 29.6 Å². The molecule has 0 aliphatic rings. The SMILES string of the molecule is CC(C)O.[Cl-].[Na+]. The average Bonchev–Trinajstić information content (AvgIpc) is 0.811. The largest absolute Gasteiger partial charge is 1.00 e. The molecule has 0 radical (unpaired) electrons. The monoisotopic (exact) mass is 118 g/mol. The fourth-order valence-corrected chi connectivity index (χ4v) is 0. The van der Waals surface area contributed by atoms with Gasteiger partial charge in [-0.15, -0.1) is 0 Å². The number of halogens is 1. The summed E-state index contributed by atoms with van der Waals surface area (Å²) in [6.07, 6.45) is -0.167. The second-order valence-electron chi connectivity index (χ2n) is 1.09. The van der Waals surface area contributed by atoms with Crippen molar-refractivity contribution >= 4 is 0 Å². The van der Waals surface area contributed by atoms with Gasteiger partial charge in [-0.2, -0.15) is 0 Å². The van der Waals surface area contributed by atoms with E-state index in [-0.39, 0.29) is 48.1 Å². The van der Waals surface area contributed by atoms with E-state index in [9.17, 15) is 0 Å². The van der Waals surface area contributed by atoms with E-state index in [0.29, 0.717) is 0 Å². The molecule has 0 atom stereocenters. The molecule has 6 heavy (non-hydrogen) atoms. The summed E-state index contributed by atoms with van der Waals surface area (Å²) >= 11 is 0. The Balaban J connectivity index is -0.0000000450. The Kier molecular flexibility index (Phi) is 24.9. The van der Waals surface area contributed by atoms with E-state index >= 15 is 0 Å². The van der Waals surface area contributed by atoms with Gasteiger partial charge < -0.3 is 17.5 Å². The van der Waals surface area contributed by atoms with Gasteiger partial charge in [0.25, 0.3) is 0 Å². The molecule has 0 spiro atoms. The minimum atomic E-state index is -0.167. The molecular formula is C3H8ClNaO. The van der Waals surface area contributed by atoms with Crippen LogP contribution in [0.25, 0.3) is 0 Å². The summed E-state index contributed by atoms with van der Waals surface area (Å²) in [5, 5.41) is 8.06. The van der Waals surface area contributed by atoms with Crippen LogP contribution in [0.15, 0.2) is 0 Å². The summed E-state index contributed by atoms with van der Waals surface area (Å²) < 4.78 is 0. The van der Waals surface area contributed by atoms with E-state index in [1.807, 2.05) is 0 Å². The molecule has 0 aromatic heterocycles. The molecule has 0 heterocycles. The predicted molar refractivity (Wildman–Crippen MR) is 17.4 cm³/mol. The van der Waals surface area contributed by atoms with Crippen LogP contribution >= 0.6 is 0 Å². The van der Waals surface area contributed by atoms with Crippen LogP contribution in [0.2, 0.25) is 0 Å². The van der Waals surface area contributed by atoms with Crippen LogP contribution in [-0.2, 0) is 0 Å². The fourth-order valence-electron chi connectivity index (χ4n) is 0. The second-order valence-corrected chi connectivity index (χ2v) is 1.09. The van der Waals surface area contributed by atoms with Crippen molar-refractivity contribution in [3.63, 3.8) is 0 Å². The molecule has 1 nitrogen and oxygen atoms in total. The van der Waals surface area contributed by atoms with Gasteiger partial charge in [-0.05, 0) is 13.8 Å². The predicted octanol–water partition coefficient (Wildman–Crippen LogP) is -5.60. The Hall–Kier alpha value is 1.25. The first kappa shape index (κ1) is 15.7. The standard InChI is InChI=1S/C3H8O.ClH.Na/c1-3(2)4;;/h3-4H,1-2H3;1H;/q;;+1/p-1. The van der Waals surface area contributed by atoms with Gasteiger partial charge in [0.1, 0.15) is 0 Å². The molecule has 0 saturated carbocycles. The van der Waals surface area contributed by atoms with Gasteiger partial charge in [0.15, 0.2) is 0 Å². The van der Waals surface area contributed by atoms with Gasteiger partial charge in [0.2, 0.25) is 0 Å². The Morgan fingerprint density at radius 1 is 1.33 bits per heavy atom. The smallest absolute Gasteiger partial charge is 1.00 e. The quantitative estimate of drug-likeness (QED) is 0.315. The molecule has 0 bridgehead atoms. The third-order valence-electron chi connectivity index (χ3n) is 0. The van der Waals surface area contributed by atoms with Crippen molar-refractivity contribution < 1.29 is 47.1 Å². The molecule has 0 rings (SSSR count). The van der Waals surface area contributed by atoms with Crippen LogP contribution in [0, 0.1) is 0 Å². The zero-order valence-corrected chi connectivity index (χ0v) is 7.16. The van der Waals surface area contributed by atoms with Gasteiger partial charge in [-0.25, -0.2) is 0 Å². The average molecular weight is 119 g/mol. The zero-order valence-electron chi connectivity index (χ0n) is 4.40. The van der Waals surface area contributed by atoms with Crippen LogP contribution in [0.1, 0.15) is 13.8 Å². The first-order valence-corrected chi connectivity index (χ1v) is 1.41. The van der Waals surface area contributed by atoms with Crippen molar-refractivity contribution in [3.05, 3.63) is 0 Å². The summed E-state index contributed by atoms with van der Waals surface area (Å²) in [7, 11) is 0. The molecule has 0 aromatic rings. The maximum Gasteiger partial charge on any atom is 1.00 e. The van der Waals surface area contributed by atoms with Gasteiger partial charge in [0, 0.05) is 6.10 Å². The van der Waals surface area contributed by atoms with Gasteiger partial charge in [-0.1, -0.05) is 0 Å². The maximum atomic E-state index is 8.06. The maximum absolute atomic E-state index is 8.06. The summed E-state index contributed by atoms with van der Waals surface area (Å²) in [5.41, 5.74) is 0. The molecular weight excluding hydrogens is 110 g/mol. The number of aliphatic hydroxyl groups excluding tert-OH is 1. The van der Waals surface area contributed by atoms with Crippen molar-refractivity contribution in [2.45, 2.75) is 20.0 Å². The first-order valence-electron chi connectivity index (χ1n) is 1.41.